The Morgan fingerprint density at radius 2 is 2.06 bits per heavy atom. The van der Waals surface area contributed by atoms with Gasteiger partial charge in [-0.2, -0.15) is 0 Å². The molecule has 0 aliphatic carbocycles. The first-order valence-electron chi connectivity index (χ1n) is 4.58. The minimum atomic E-state index is -0.636. The van der Waals surface area contributed by atoms with Crippen LogP contribution in [0.3, 0.4) is 0 Å². The first-order chi connectivity index (χ1) is 7.50. The highest BCUT2D eigenvalue weighted by molar-refractivity contribution is 5.90. The number of nitrogens with zero attached hydrogens (tertiary/aromatic N) is 3. The molecule has 0 unspecified atom stereocenters. The van der Waals surface area contributed by atoms with Gasteiger partial charge in [-0.15, -0.1) is 10.2 Å². The van der Waals surface area contributed by atoms with Crippen molar-refractivity contribution in [3.05, 3.63) is 17.8 Å². The second-order valence-corrected chi connectivity index (χ2v) is 3.31. The van der Waals surface area contributed by atoms with Gasteiger partial charge in [0.2, 0.25) is 5.91 Å². The minimum Gasteiger partial charge on any atom is -0.364 e. The predicted molar refractivity (Wildman–Crippen MR) is 57.7 cm³/mol. The van der Waals surface area contributed by atoms with Gasteiger partial charge in [0.15, 0.2) is 5.69 Å². The fraction of sp³-hybridized carbons (Fsp3) is 0.333. The van der Waals surface area contributed by atoms with E-state index in [9.17, 15) is 9.59 Å². The number of rotatable bonds is 4. The van der Waals surface area contributed by atoms with E-state index in [1.807, 2.05) is 0 Å². The van der Waals surface area contributed by atoms with Crippen LogP contribution in [0.5, 0.6) is 0 Å². The highest BCUT2D eigenvalue weighted by Crippen LogP contribution is 2.00. The lowest BCUT2D eigenvalue weighted by Gasteiger charge is -2.10. The number of nitrogens with one attached hydrogen (secondary N) is 1. The number of carbonyl (C=O) groups excluding carboxylic acids is 2. The van der Waals surface area contributed by atoms with Gasteiger partial charge in [-0.3, -0.25) is 9.59 Å². The van der Waals surface area contributed by atoms with Crippen LogP contribution >= 0.6 is 0 Å². The Morgan fingerprint density at radius 1 is 1.38 bits per heavy atom. The molecule has 3 N–H and O–H groups in total. The summed E-state index contributed by atoms with van der Waals surface area (Å²) in [7, 11) is 3.32. The maximum atomic E-state index is 11.2. The molecule has 86 valence electrons. The molecule has 16 heavy (non-hydrogen) atoms. The summed E-state index contributed by atoms with van der Waals surface area (Å²) in [4.78, 5) is 23.4. The van der Waals surface area contributed by atoms with Crippen molar-refractivity contribution in [1.82, 2.24) is 15.1 Å². The Balaban J connectivity index is 2.56. The highest BCUT2D eigenvalue weighted by atomic mass is 16.2. The molecule has 0 spiro atoms. The molecular weight excluding hydrogens is 210 g/mol. The summed E-state index contributed by atoms with van der Waals surface area (Å²) in [5, 5.41) is 10.1. The Hall–Kier alpha value is -2.18. The molecule has 1 aromatic rings. The van der Waals surface area contributed by atoms with Crippen LogP contribution in [0.25, 0.3) is 0 Å². The maximum absolute atomic E-state index is 11.2. The van der Waals surface area contributed by atoms with Crippen molar-refractivity contribution in [2.75, 3.05) is 26.0 Å². The second-order valence-electron chi connectivity index (χ2n) is 3.31. The summed E-state index contributed by atoms with van der Waals surface area (Å²) in [6.45, 7) is 0.123. The van der Waals surface area contributed by atoms with E-state index < -0.39 is 5.91 Å². The number of primary amides is 1. The van der Waals surface area contributed by atoms with E-state index in [0.29, 0.717) is 5.82 Å². The van der Waals surface area contributed by atoms with E-state index in [2.05, 4.69) is 15.5 Å². The Labute approximate surface area is 92.6 Å². The Morgan fingerprint density at radius 3 is 2.50 bits per heavy atom. The van der Waals surface area contributed by atoms with Gasteiger partial charge in [0.25, 0.3) is 5.91 Å². The van der Waals surface area contributed by atoms with Gasteiger partial charge >= 0.3 is 0 Å². The topological polar surface area (TPSA) is 101 Å². The number of amides is 2. The lowest BCUT2D eigenvalue weighted by Crippen LogP contribution is -2.28. The molecule has 0 aliphatic rings. The van der Waals surface area contributed by atoms with E-state index in [1.165, 1.54) is 17.0 Å². The molecule has 0 radical (unpaired) electrons. The van der Waals surface area contributed by atoms with E-state index in [0.717, 1.165) is 0 Å². The van der Waals surface area contributed by atoms with Crippen molar-refractivity contribution in [1.29, 1.82) is 0 Å². The zero-order valence-corrected chi connectivity index (χ0v) is 9.10. The molecule has 0 saturated carbocycles. The third kappa shape index (κ3) is 3.19. The molecule has 0 atom stereocenters. The van der Waals surface area contributed by atoms with Crippen molar-refractivity contribution in [3.63, 3.8) is 0 Å². The average Bonchev–Trinajstić information content (AvgIpc) is 2.26. The lowest BCUT2D eigenvalue weighted by atomic mass is 10.3. The van der Waals surface area contributed by atoms with E-state index in [1.54, 1.807) is 14.1 Å². The summed E-state index contributed by atoms with van der Waals surface area (Å²) < 4.78 is 0. The lowest BCUT2D eigenvalue weighted by molar-refractivity contribution is -0.126. The fourth-order valence-corrected chi connectivity index (χ4v) is 0.882. The van der Waals surface area contributed by atoms with Gasteiger partial charge in [0.05, 0.1) is 6.54 Å². The van der Waals surface area contributed by atoms with Gasteiger partial charge in [0.1, 0.15) is 5.82 Å². The molecule has 0 fully saturated rings. The molecule has 0 saturated heterocycles. The molecule has 1 heterocycles. The third-order valence-corrected chi connectivity index (χ3v) is 1.84. The normalized spacial score (nSPS) is 9.62. The number of nitrogens with two attached hydrogens (primary N) is 1. The van der Waals surface area contributed by atoms with Crippen LogP contribution in [0.2, 0.25) is 0 Å². The van der Waals surface area contributed by atoms with Crippen LogP contribution in [0.15, 0.2) is 12.1 Å². The Bertz CT molecular complexity index is 387. The zero-order chi connectivity index (χ0) is 12.1. The van der Waals surface area contributed by atoms with Crippen molar-refractivity contribution in [2.45, 2.75) is 0 Å². The molecule has 1 rings (SSSR count). The average molecular weight is 223 g/mol. The first-order valence-corrected chi connectivity index (χ1v) is 4.58. The molecule has 0 aliphatic heterocycles. The molecule has 7 nitrogen and oxygen atoms in total. The second kappa shape index (κ2) is 5.06. The van der Waals surface area contributed by atoms with Crippen LogP contribution in [0.4, 0.5) is 5.82 Å². The van der Waals surface area contributed by atoms with Crippen LogP contribution in [0, 0.1) is 0 Å². The van der Waals surface area contributed by atoms with Crippen molar-refractivity contribution < 1.29 is 9.59 Å². The minimum absolute atomic E-state index is 0.0826. The molecule has 7 heteroatoms. The van der Waals surface area contributed by atoms with Gasteiger partial charge < -0.3 is 16.0 Å². The summed E-state index contributed by atoms with van der Waals surface area (Å²) in [6.07, 6.45) is 0. The van der Waals surface area contributed by atoms with Crippen molar-refractivity contribution in [3.8, 4) is 0 Å². The summed E-state index contributed by atoms with van der Waals surface area (Å²) in [5.74, 6) is -0.301. The van der Waals surface area contributed by atoms with E-state index in [4.69, 9.17) is 5.73 Å². The number of anilines is 1. The molecule has 0 aromatic carbocycles. The summed E-state index contributed by atoms with van der Waals surface area (Å²) >= 11 is 0. The van der Waals surface area contributed by atoms with Crippen LogP contribution in [-0.4, -0.2) is 47.6 Å². The van der Waals surface area contributed by atoms with Crippen molar-refractivity contribution in [2.24, 2.45) is 5.73 Å². The van der Waals surface area contributed by atoms with E-state index >= 15 is 0 Å². The standard InChI is InChI=1S/C9H13N5O2/c1-14(2)8(15)5-11-7-4-3-6(9(10)16)12-13-7/h3-4H,5H2,1-2H3,(H2,10,16)(H,11,13). The predicted octanol–water partition coefficient (Wildman–Crippen LogP) is -0.924. The fourth-order valence-electron chi connectivity index (χ4n) is 0.882. The Kier molecular flexibility index (Phi) is 3.76. The van der Waals surface area contributed by atoms with Crippen LogP contribution < -0.4 is 11.1 Å². The monoisotopic (exact) mass is 223 g/mol. The highest BCUT2D eigenvalue weighted by Gasteiger charge is 2.05. The largest absolute Gasteiger partial charge is 0.364 e. The molecular formula is C9H13N5O2. The third-order valence-electron chi connectivity index (χ3n) is 1.84. The SMILES string of the molecule is CN(C)C(=O)CNc1ccc(C(N)=O)nn1. The zero-order valence-electron chi connectivity index (χ0n) is 9.10. The number of hydrogen-bond acceptors (Lipinski definition) is 5. The van der Waals surface area contributed by atoms with Gasteiger partial charge in [-0.1, -0.05) is 0 Å². The molecule has 0 bridgehead atoms. The first kappa shape index (κ1) is 11.9. The maximum Gasteiger partial charge on any atom is 0.269 e. The number of hydrogen-bond donors (Lipinski definition) is 2. The summed E-state index contributed by atoms with van der Waals surface area (Å²) in [6, 6.07) is 2.98. The smallest absolute Gasteiger partial charge is 0.269 e. The molecule has 1 aromatic heterocycles. The van der Waals surface area contributed by atoms with Gasteiger partial charge in [0, 0.05) is 14.1 Å². The quantitative estimate of drug-likeness (QED) is 0.687. The molecule has 2 amide bonds. The van der Waals surface area contributed by atoms with Crippen LogP contribution in [0.1, 0.15) is 10.5 Å². The van der Waals surface area contributed by atoms with Gasteiger partial charge in [-0.25, -0.2) is 0 Å². The summed E-state index contributed by atoms with van der Waals surface area (Å²) in [5.41, 5.74) is 5.09. The van der Waals surface area contributed by atoms with Crippen LogP contribution in [-0.2, 0) is 4.79 Å². The number of likely N-dealkylation sites (N-methyl/N-ethyl adjacent to an activating group) is 1. The van der Waals surface area contributed by atoms with E-state index in [-0.39, 0.29) is 18.1 Å². The van der Waals surface area contributed by atoms with Crippen molar-refractivity contribution >= 4 is 17.6 Å². The number of aromatic nitrogens is 2. The van der Waals surface area contributed by atoms with Gasteiger partial charge in [-0.05, 0) is 12.1 Å². The number of carbonyl (C=O) groups is 2.